The first kappa shape index (κ1) is 14.3. The number of hydrogen-bond acceptors (Lipinski definition) is 2. The molecule has 2 aromatic rings. The van der Waals surface area contributed by atoms with Crippen LogP contribution in [0.25, 0.3) is 0 Å². The van der Waals surface area contributed by atoms with Crippen molar-refractivity contribution in [2.24, 2.45) is 0 Å². The number of carbonyl (C=O) groups is 1. The fourth-order valence-electron chi connectivity index (χ4n) is 1.81. The summed E-state index contributed by atoms with van der Waals surface area (Å²) in [4.78, 5) is 14.3. The minimum atomic E-state index is 0.0965. The summed E-state index contributed by atoms with van der Waals surface area (Å²) in [7, 11) is 0. The largest absolute Gasteiger partial charge is 0.293 e. The highest BCUT2D eigenvalue weighted by Gasteiger charge is 2.18. The first-order chi connectivity index (χ1) is 8.86. The van der Waals surface area contributed by atoms with Gasteiger partial charge >= 0.3 is 0 Å². The molecule has 100 valence electrons. The highest BCUT2D eigenvalue weighted by atomic mass is 35.5. The highest BCUT2D eigenvalue weighted by molar-refractivity contribution is 7.14. The third-order valence-corrected chi connectivity index (χ3v) is 4.66. The second-order valence-corrected chi connectivity index (χ2v) is 7.16. The van der Waals surface area contributed by atoms with Gasteiger partial charge in [0.1, 0.15) is 0 Å². The summed E-state index contributed by atoms with van der Waals surface area (Å²) in [5.41, 5.74) is 1.06. The third kappa shape index (κ3) is 3.68. The van der Waals surface area contributed by atoms with E-state index >= 15 is 0 Å². The predicted molar refractivity (Wildman–Crippen MR) is 82.5 cm³/mol. The number of thiophene rings is 1. The van der Waals surface area contributed by atoms with Crippen LogP contribution in [-0.4, -0.2) is 5.78 Å². The number of rotatable bonds is 3. The zero-order valence-electron chi connectivity index (χ0n) is 11.4. The van der Waals surface area contributed by atoms with Crippen molar-refractivity contribution in [3.8, 4) is 0 Å². The zero-order valence-corrected chi connectivity index (χ0v) is 12.9. The maximum Gasteiger partial charge on any atom is 0.177 e. The molecule has 0 aliphatic carbocycles. The van der Waals surface area contributed by atoms with Crippen molar-refractivity contribution in [1.82, 2.24) is 0 Å². The monoisotopic (exact) mass is 292 g/mol. The smallest absolute Gasteiger partial charge is 0.177 e. The number of halogens is 1. The van der Waals surface area contributed by atoms with E-state index in [9.17, 15) is 4.79 Å². The molecule has 19 heavy (non-hydrogen) atoms. The number of ketones is 1. The van der Waals surface area contributed by atoms with Crippen LogP contribution in [0.2, 0.25) is 5.02 Å². The van der Waals surface area contributed by atoms with E-state index < -0.39 is 0 Å². The van der Waals surface area contributed by atoms with Crippen LogP contribution < -0.4 is 0 Å². The molecule has 0 aliphatic rings. The Labute approximate surface area is 123 Å². The molecule has 1 aromatic carbocycles. The average Bonchev–Trinajstić information content (AvgIpc) is 2.77. The van der Waals surface area contributed by atoms with Crippen molar-refractivity contribution in [1.29, 1.82) is 0 Å². The van der Waals surface area contributed by atoms with E-state index in [4.69, 9.17) is 11.6 Å². The molecule has 0 N–H and O–H groups in total. The van der Waals surface area contributed by atoms with Crippen LogP contribution in [0, 0.1) is 0 Å². The molecule has 0 aliphatic heterocycles. The minimum Gasteiger partial charge on any atom is -0.293 e. The maximum absolute atomic E-state index is 12.2. The molecule has 1 heterocycles. The van der Waals surface area contributed by atoms with Gasteiger partial charge in [-0.2, -0.15) is 0 Å². The van der Waals surface area contributed by atoms with E-state index in [1.54, 1.807) is 11.3 Å². The number of benzene rings is 1. The van der Waals surface area contributed by atoms with Gasteiger partial charge in [-0.3, -0.25) is 4.79 Å². The van der Waals surface area contributed by atoms with Crippen LogP contribution >= 0.6 is 22.9 Å². The van der Waals surface area contributed by atoms with E-state index in [1.807, 2.05) is 30.3 Å². The topological polar surface area (TPSA) is 17.1 Å². The van der Waals surface area contributed by atoms with E-state index in [0.717, 1.165) is 10.4 Å². The molecule has 1 nitrogen and oxygen atoms in total. The van der Waals surface area contributed by atoms with E-state index in [-0.39, 0.29) is 11.2 Å². The number of carbonyl (C=O) groups excluding carboxylic acids is 1. The third-order valence-electron chi connectivity index (χ3n) is 2.87. The Morgan fingerprint density at radius 3 is 2.53 bits per heavy atom. The number of Topliss-reactive ketones (excluding diaryl/α,β-unsaturated/α-hetero) is 1. The summed E-state index contributed by atoms with van der Waals surface area (Å²) in [5.74, 6) is 0.155. The van der Waals surface area contributed by atoms with E-state index in [2.05, 4.69) is 26.8 Å². The first-order valence-electron chi connectivity index (χ1n) is 6.24. The lowest BCUT2D eigenvalue weighted by molar-refractivity contribution is 0.0997. The van der Waals surface area contributed by atoms with Gasteiger partial charge in [0.05, 0.1) is 4.88 Å². The fraction of sp³-hybridized carbons (Fsp3) is 0.312. The second-order valence-electron chi connectivity index (χ2n) is 5.64. The molecule has 0 radical (unpaired) electrons. The van der Waals surface area contributed by atoms with Gasteiger partial charge in [0.2, 0.25) is 0 Å². The van der Waals surface area contributed by atoms with Crippen LogP contribution in [0.15, 0.2) is 36.4 Å². The Balaban J connectivity index is 2.14. The van der Waals surface area contributed by atoms with Gasteiger partial charge in [-0.25, -0.2) is 0 Å². The first-order valence-corrected chi connectivity index (χ1v) is 7.43. The van der Waals surface area contributed by atoms with Crippen LogP contribution in [0.5, 0.6) is 0 Å². The highest BCUT2D eigenvalue weighted by Crippen LogP contribution is 2.30. The van der Waals surface area contributed by atoms with Crippen LogP contribution in [0.1, 0.15) is 40.9 Å². The van der Waals surface area contributed by atoms with Crippen molar-refractivity contribution >= 4 is 28.7 Å². The Morgan fingerprint density at radius 2 is 1.95 bits per heavy atom. The molecule has 0 bridgehead atoms. The molecule has 0 amide bonds. The summed E-state index contributed by atoms with van der Waals surface area (Å²) < 4.78 is 0. The van der Waals surface area contributed by atoms with Gasteiger partial charge in [-0.05, 0) is 35.2 Å². The second kappa shape index (κ2) is 5.48. The normalized spacial score (nSPS) is 11.6. The fourth-order valence-corrected chi connectivity index (χ4v) is 3.02. The summed E-state index contributed by atoms with van der Waals surface area (Å²) in [6.07, 6.45) is 0.407. The lowest BCUT2D eigenvalue weighted by Gasteiger charge is -2.15. The van der Waals surface area contributed by atoms with Crippen molar-refractivity contribution < 1.29 is 4.79 Å². The van der Waals surface area contributed by atoms with Crippen LogP contribution in [-0.2, 0) is 11.8 Å². The molecular formula is C16H17ClOS. The quantitative estimate of drug-likeness (QED) is 0.717. The lowest BCUT2D eigenvalue weighted by Crippen LogP contribution is -2.08. The molecule has 0 spiro atoms. The molecule has 0 saturated heterocycles. The Morgan fingerprint density at radius 1 is 1.21 bits per heavy atom. The maximum atomic E-state index is 12.2. The Bertz CT molecular complexity index is 593. The van der Waals surface area contributed by atoms with Crippen molar-refractivity contribution in [3.05, 3.63) is 56.7 Å². The molecule has 3 heteroatoms. The van der Waals surface area contributed by atoms with Gasteiger partial charge in [-0.1, -0.05) is 44.5 Å². The van der Waals surface area contributed by atoms with Gasteiger partial charge in [0, 0.05) is 16.3 Å². The predicted octanol–water partition coefficient (Wildman–Crippen LogP) is 5.12. The van der Waals surface area contributed by atoms with E-state index in [0.29, 0.717) is 11.4 Å². The van der Waals surface area contributed by atoms with Crippen molar-refractivity contribution in [2.45, 2.75) is 32.6 Å². The lowest BCUT2D eigenvalue weighted by atomic mass is 9.95. The molecule has 0 saturated carbocycles. The van der Waals surface area contributed by atoms with Crippen LogP contribution in [0.3, 0.4) is 0 Å². The summed E-state index contributed by atoms with van der Waals surface area (Å²) in [6.45, 7) is 6.47. The van der Waals surface area contributed by atoms with Gasteiger partial charge in [0.25, 0.3) is 0 Å². The summed E-state index contributed by atoms with van der Waals surface area (Å²) in [6, 6.07) is 11.5. The van der Waals surface area contributed by atoms with Gasteiger partial charge in [0.15, 0.2) is 5.78 Å². The zero-order chi connectivity index (χ0) is 14.0. The number of hydrogen-bond donors (Lipinski definition) is 0. The van der Waals surface area contributed by atoms with Gasteiger partial charge in [-0.15, -0.1) is 11.3 Å². The SMILES string of the molecule is CC(C)(C)c1ccc(C(=O)Cc2cccc(Cl)c2)s1. The molecule has 0 fully saturated rings. The minimum absolute atomic E-state index is 0.0965. The Hall–Kier alpha value is -1.12. The van der Waals surface area contributed by atoms with Crippen LogP contribution in [0.4, 0.5) is 0 Å². The van der Waals surface area contributed by atoms with Gasteiger partial charge < -0.3 is 0 Å². The molecule has 2 rings (SSSR count). The summed E-state index contributed by atoms with van der Waals surface area (Å²) >= 11 is 7.52. The molecular weight excluding hydrogens is 276 g/mol. The van der Waals surface area contributed by atoms with E-state index in [1.165, 1.54) is 4.88 Å². The van der Waals surface area contributed by atoms with Crippen molar-refractivity contribution in [3.63, 3.8) is 0 Å². The standard InChI is InChI=1S/C16H17ClOS/c1-16(2,3)15-8-7-14(19-15)13(18)10-11-5-4-6-12(17)9-11/h4-9H,10H2,1-3H3. The average molecular weight is 293 g/mol. The van der Waals surface area contributed by atoms with Crippen molar-refractivity contribution in [2.75, 3.05) is 0 Å². The Kier molecular flexibility index (Phi) is 4.12. The molecule has 0 unspecified atom stereocenters. The molecule has 1 aromatic heterocycles. The molecule has 0 atom stereocenters. The summed E-state index contributed by atoms with van der Waals surface area (Å²) in [5, 5.41) is 0.673.